The van der Waals surface area contributed by atoms with Crippen LogP contribution in [0.5, 0.6) is 0 Å². The first kappa shape index (κ1) is 23.8. The van der Waals surface area contributed by atoms with Gasteiger partial charge in [0, 0.05) is 18.5 Å². The number of piperidine rings is 1. The second kappa shape index (κ2) is 10.3. The summed E-state index contributed by atoms with van der Waals surface area (Å²) in [6, 6.07) is 15.1. The topological polar surface area (TPSA) is 95.9 Å². The molecule has 3 atom stereocenters. The van der Waals surface area contributed by atoms with Crippen molar-refractivity contribution in [1.82, 2.24) is 10.2 Å². The standard InChI is InChI=1S/C27H32N2O5/c1-3-9-24(25(30)29-15-8-14-18(17(29)2)26(31)32)28-27(33)34-16-23-21-12-6-4-10-19(21)20-11-5-7-13-22(20)23/h4-7,10-13,17-18,23-24H,3,8-9,14-16H2,1-2H3,(H,28,33)(H,31,32). The molecule has 0 radical (unpaired) electrons. The lowest BCUT2D eigenvalue weighted by Crippen LogP contribution is -2.56. The number of ether oxygens (including phenoxy) is 1. The number of carboxylic acid groups (broad SMARTS) is 1. The summed E-state index contributed by atoms with van der Waals surface area (Å²) in [6.07, 6.45) is 1.72. The van der Waals surface area contributed by atoms with Gasteiger partial charge in [-0.3, -0.25) is 9.59 Å². The molecular weight excluding hydrogens is 432 g/mol. The van der Waals surface area contributed by atoms with Gasteiger partial charge in [0.25, 0.3) is 0 Å². The summed E-state index contributed by atoms with van der Waals surface area (Å²) in [4.78, 5) is 39.2. The highest BCUT2D eigenvalue weighted by Crippen LogP contribution is 2.44. The molecule has 4 rings (SSSR count). The Kier molecular flexibility index (Phi) is 7.20. The van der Waals surface area contributed by atoms with Crippen LogP contribution in [0.4, 0.5) is 4.79 Å². The quantitative estimate of drug-likeness (QED) is 0.633. The van der Waals surface area contributed by atoms with Crippen LogP contribution in [0.3, 0.4) is 0 Å². The lowest BCUT2D eigenvalue weighted by molar-refractivity contribution is -0.149. The number of nitrogens with zero attached hydrogens (tertiary/aromatic N) is 1. The first-order valence-electron chi connectivity index (χ1n) is 12.1. The number of carbonyl (C=O) groups is 3. The number of hydrogen-bond donors (Lipinski definition) is 2. The number of benzene rings is 2. The number of rotatable bonds is 7. The fourth-order valence-electron chi connectivity index (χ4n) is 5.31. The van der Waals surface area contributed by atoms with Gasteiger partial charge in [0.2, 0.25) is 5.91 Å². The SMILES string of the molecule is CCCC(NC(=O)OCC1c2ccccc2-c2ccccc21)C(=O)N1CCCC(C(=O)O)C1C. The second-order valence-electron chi connectivity index (χ2n) is 9.17. The molecule has 0 saturated carbocycles. The summed E-state index contributed by atoms with van der Waals surface area (Å²) in [6.45, 7) is 4.38. The van der Waals surface area contributed by atoms with Crippen LogP contribution >= 0.6 is 0 Å². The maximum Gasteiger partial charge on any atom is 0.407 e. The predicted molar refractivity (Wildman–Crippen MR) is 128 cm³/mol. The minimum absolute atomic E-state index is 0.0584. The Bertz CT molecular complexity index is 1020. The highest BCUT2D eigenvalue weighted by molar-refractivity contribution is 5.87. The van der Waals surface area contributed by atoms with Crippen molar-refractivity contribution in [3.63, 3.8) is 0 Å². The molecule has 1 fully saturated rings. The van der Waals surface area contributed by atoms with Crippen LogP contribution in [0.2, 0.25) is 0 Å². The van der Waals surface area contributed by atoms with Gasteiger partial charge in [0.1, 0.15) is 12.6 Å². The largest absolute Gasteiger partial charge is 0.481 e. The minimum Gasteiger partial charge on any atom is -0.481 e. The maximum atomic E-state index is 13.3. The van der Waals surface area contributed by atoms with Crippen LogP contribution in [-0.4, -0.2) is 53.2 Å². The molecule has 0 bridgehead atoms. The van der Waals surface area contributed by atoms with Gasteiger partial charge in [-0.1, -0.05) is 61.9 Å². The van der Waals surface area contributed by atoms with Gasteiger partial charge in [-0.25, -0.2) is 4.79 Å². The number of amides is 2. The van der Waals surface area contributed by atoms with Gasteiger partial charge in [-0.05, 0) is 48.4 Å². The number of aliphatic carboxylic acids is 1. The van der Waals surface area contributed by atoms with Crippen molar-refractivity contribution in [3.8, 4) is 11.1 Å². The fraction of sp³-hybridized carbons (Fsp3) is 0.444. The van der Waals surface area contributed by atoms with Crippen LogP contribution in [0.25, 0.3) is 11.1 Å². The zero-order chi connectivity index (χ0) is 24.2. The summed E-state index contributed by atoms with van der Waals surface area (Å²) >= 11 is 0. The van der Waals surface area contributed by atoms with Crippen LogP contribution in [0.15, 0.2) is 48.5 Å². The molecule has 1 aliphatic heterocycles. The molecule has 3 unspecified atom stereocenters. The fourth-order valence-corrected chi connectivity index (χ4v) is 5.31. The van der Waals surface area contributed by atoms with E-state index in [1.165, 1.54) is 0 Å². The molecule has 7 heteroatoms. The number of carbonyl (C=O) groups excluding carboxylic acids is 2. The normalized spacial score (nSPS) is 20.2. The number of carboxylic acids is 1. The number of alkyl carbamates (subject to hydrolysis) is 1. The van der Waals surface area contributed by atoms with E-state index in [2.05, 4.69) is 29.6 Å². The monoisotopic (exact) mass is 464 g/mol. The van der Waals surface area contributed by atoms with Gasteiger partial charge >= 0.3 is 12.1 Å². The van der Waals surface area contributed by atoms with E-state index in [0.717, 1.165) is 22.3 Å². The maximum absolute atomic E-state index is 13.3. The van der Waals surface area contributed by atoms with Crippen LogP contribution < -0.4 is 5.32 Å². The highest BCUT2D eigenvalue weighted by atomic mass is 16.5. The van der Waals surface area contributed by atoms with Crippen molar-refractivity contribution in [3.05, 3.63) is 59.7 Å². The van der Waals surface area contributed by atoms with Crippen molar-refractivity contribution >= 4 is 18.0 Å². The molecule has 2 aromatic rings. The zero-order valence-electron chi connectivity index (χ0n) is 19.7. The van der Waals surface area contributed by atoms with Crippen LogP contribution in [-0.2, 0) is 14.3 Å². The molecular formula is C27H32N2O5. The molecule has 180 valence electrons. The molecule has 2 N–H and O–H groups in total. The molecule has 34 heavy (non-hydrogen) atoms. The lowest BCUT2D eigenvalue weighted by atomic mass is 9.89. The molecule has 1 saturated heterocycles. The molecule has 7 nitrogen and oxygen atoms in total. The third-order valence-electron chi connectivity index (χ3n) is 7.10. The van der Waals surface area contributed by atoms with E-state index in [1.807, 2.05) is 31.2 Å². The van der Waals surface area contributed by atoms with E-state index in [1.54, 1.807) is 11.8 Å². The molecule has 2 aromatic carbocycles. The van der Waals surface area contributed by atoms with Crippen molar-refractivity contribution in [1.29, 1.82) is 0 Å². The average molecular weight is 465 g/mol. The zero-order valence-corrected chi connectivity index (χ0v) is 19.7. The number of likely N-dealkylation sites (tertiary alicyclic amines) is 1. The molecule has 1 aliphatic carbocycles. The van der Waals surface area contributed by atoms with E-state index in [9.17, 15) is 19.5 Å². The van der Waals surface area contributed by atoms with E-state index >= 15 is 0 Å². The Morgan fingerprint density at radius 1 is 1.09 bits per heavy atom. The van der Waals surface area contributed by atoms with E-state index < -0.39 is 30.1 Å². The van der Waals surface area contributed by atoms with Gasteiger partial charge in [0.15, 0.2) is 0 Å². The van der Waals surface area contributed by atoms with Crippen LogP contribution in [0, 0.1) is 5.92 Å². The van der Waals surface area contributed by atoms with Crippen molar-refractivity contribution in [2.75, 3.05) is 13.2 Å². The summed E-state index contributed by atoms with van der Waals surface area (Å²) in [7, 11) is 0. The van der Waals surface area contributed by atoms with Crippen molar-refractivity contribution < 1.29 is 24.2 Å². The molecule has 2 amide bonds. The number of hydrogen-bond acceptors (Lipinski definition) is 4. The summed E-state index contributed by atoms with van der Waals surface area (Å²) in [5.74, 6) is -1.78. The average Bonchev–Trinajstić information content (AvgIpc) is 3.16. The molecule has 1 heterocycles. The second-order valence-corrected chi connectivity index (χ2v) is 9.17. The van der Waals surface area contributed by atoms with Gasteiger partial charge < -0.3 is 20.1 Å². The van der Waals surface area contributed by atoms with Gasteiger partial charge in [-0.2, -0.15) is 0 Å². The summed E-state index contributed by atoms with van der Waals surface area (Å²) in [5.41, 5.74) is 4.55. The smallest absolute Gasteiger partial charge is 0.407 e. The summed E-state index contributed by atoms with van der Waals surface area (Å²) < 4.78 is 5.63. The van der Waals surface area contributed by atoms with E-state index in [0.29, 0.717) is 32.2 Å². The van der Waals surface area contributed by atoms with E-state index in [-0.39, 0.29) is 18.4 Å². The number of nitrogens with one attached hydrogen (secondary N) is 1. The van der Waals surface area contributed by atoms with Gasteiger partial charge in [-0.15, -0.1) is 0 Å². The first-order valence-corrected chi connectivity index (χ1v) is 12.1. The Hall–Kier alpha value is -3.35. The van der Waals surface area contributed by atoms with E-state index in [4.69, 9.17) is 4.74 Å². The number of fused-ring (bicyclic) bond motifs is 3. The highest BCUT2D eigenvalue weighted by Gasteiger charge is 2.38. The summed E-state index contributed by atoms with van der Waals surface area (Å²) in [5, 5.41) is 12.2. The third-order valence-corrected chi connectivity index (χ3v) is 7.10. The van der Waals surface area contributed by atoms with Crippen LogP contribution in [0.1, 0.15) is 56.6 Å². The Labute approximate surface area is 200 Å². The first-order chi connectivity index (χ1) is 16.4. The Morgan fingerprint density at radius 3 is 2.29 bits per heavy atom. The molecule has 2 aliphatic rings. The third kappa shape index (κ3) is 4.65. The lowest BCUT2D eigenvalue weighted by Gasteiger charge is -2.39. The molecule has 0 spiro atoms. The predicted octanol–water partition coefficient (Wildman–Crippen LogP) is 4.41. The Morgan fingerprint density at radius 2 is 1.71 bits per heavy atom. The van der Waals surface area contributed by atoms with Crippen molar-refractivity contribution in [2.45, 2.75) is 57.5 Å². The minimum atomic E-state index is -0.887. The Balaban J connectivity index is 1.42. The molecule has 0 aromatic heterocycles. The van der Waals surface area contributed by atoms with Gasteiger partial charge in [0.05, 0.1) is 5.92 Å². The van der Waals surface area contributed by atoms with Crippen molar-refractivity contribution in [2.24, 2.45) is 5.92 Å².